The Morgan fingerprint density at radius 1 is 1.21 bits per heavy atom. The fourth-order valence-electron chi connectivity index (χ4n) is 3.80. The highest BCUT2D eigenvalue weighted by Crippen LogP contribution is 2.22. The molecular formula is C21H31N3O4. The van der Waals surface area contributed by atoms with Crippen LogP contribution in [0.4, 0.5) is 11.4 Å². The lowest BCUT2D eigenvalue weighted by atomic mass is 9.97. The van der Waals surface area contributed by atoms with Crippen LogP contribution in [0.3, 0.4) is 0 Å². The third kappa shape index (κ3) is 5.23. The van der Waals surface area contributed by atoms with Gasteiger partial charge in [-0.15, -0.1) is 0 Å². The van der Waals surface area contributed by atoms with Crippen LogP contribution in [0.5, 0.6) is 0 Å². The summed E-state index contributed by atoms with van der Waals surface area (Å²) >= 11 is 0. The van der Waals surface area contributed by atoms with Crippen LogP contribution >= 0.6 is 0 Å². The van der Waals surface area contributed by atoms with Crippen molar-refractivity contribution in [3.8, 4) is 0 Å². The number of carbonyl (C=O) groups is 2. The van der Waals surface area contributed by atoms with Crippen molar-refractivity contribution < 1.29 is 19.1 Å². The first-order chi connectivity index (χ1) is 13.6. The molecule has 2 saturated heterocycles. The van der Waals surface area contributed by atoms with Crippen LogP contribution in [0.2, 0.25) is 0 Å². The van der Waals surface area contributed by atoms with E-state index in [-0.39, 0.29) is 23.8 Å². The van der Waals surface area contributed by atoms with Gasteiger partial charge in [0.25, 0.3) is 0 Å². The summed E-state index contributed by atoms with van der Waals surface area (Å²) in [5.41, 5.74) is 1.93. The van der Waals surface area contributed by atoms with Gasteiger partial charge in [0.1, 0.15) is 0 Å². The Labute approximate surface area is 167 Å². The Kier molecular flexibility index (Phi) is 7.28. The molecule has 7 heteroatoms. The first-order valence-corrected chi connectivity index (χ1v) is 10.2. The first-order valence-electron chi connectivity index (χ1n) is 10.2. The van der Waals surface area contributed by atoms with Gasteiger partial charge < -0.3 is 19.7 Å². The topological polar surface area (TPSA) is 71.1 Å². The number of hydrogen-bond acceptors (Lipinski definition) is 6. The quantitative estimate of drug-likeness (QED) is 0.752. The second-order valence-corrected chi connectivity index (χ2v) is 7.40. The van der Waals surface area contributed by atoms with Crippen LogP contribution in [-0.2, 0) is 19.1 Å². The average molecular weight is 389 g/mol. The van der Waals surface area contributed by atoms with E-state index in [2.05, 4.69) is 15.1 Å². The number of hydrogen-bond donors (Lipinski definition) is 1. The molecule has 2 atom stereocenters. The second-order valence-electron chi connectivity index (χ2n) is 7.40. The van der Waals surface area contributed by atoms with Crippen molar-refractivity contribution >= 4 is 23.3 Å². The fraction of sp³-hybridized carbons (Fsp3) is 0.619. The summed E-state index contributed by atoms with van der Waals surface area (Å²) < 4.78 is 10.5. The minimum atomic E-state index is -0.295. The number of benzene rings is 1. The normalized spacial score (nSPS) is 21.8. The number of ether oxygens (including phenoxy) is 2. The third-order valence-electron chi connectivity index (χ3n) is 5.51. The van der Waals surface area contributed by atoms with E-state index in [4.69, 9.17) is 9.47 Å². The molecule has 2 aliphatic rings. The molecule has 0 bridgehead atoms. The zero-order valence-electron chi connectivity index (χ0n) is 16.9. The number of likely N-dealkylation sites (tertiary alicyclic amines) is 1. The van der Waals surface area contributed by atoms with E-state index in [0.717, 1.165) is 57.1 Å². The molecule has 7 nitrogen and oxygen atoms in total. The lowest BCUT2D eigenvalue weighted by Gasteiger charge is -2.35. The van der Waals surface area contributed by atoms with Crippen molar-refractivity contribution in [3.63, 3.8) is 0 Å². The number of morpholine rings is 1. The van der Waals surface area contributed by atoms with Gasteiger partial charge in [-0.2, -0.15) is 0 Å². The fourth-order valence-corrected chi connectivity index (χ4v) is 3.80. The number of esters is 1. The molecule has 0 aliphatic carbocycles. The van der Waals surface area contributed by atoms with Gasteiger partial charge >= 0.3 is 5.97 Å². The summed E-state index contributed by atoms with van der Waals surface area (Å²) in [7, 11) is 0. The average Bonchev–Trinajstić information content (AvgIpc) is 2.74. The summed E-state index contributed by atoms with van der Waals surface area (Å²) in [6.45, 7) is 8.77. The number of anilines is 2. The van der Waals surface area contributed by atoms with E-state index in [0.29, 0.717) is 13.2 Å². The molecule has 2 fully saturated rings. The van der Waals surface area contributed by atoms with Gasteiger partial charge in [0, 0.05) is 31.0 Å². The molecular weight excluding hydrogens is 358 g/mol. The molecule has 0 unspecified atom stereocenters. The molecule has 1 amide bonds. The van der Waals surface area contributed by atoms with Crippen LogP contribution < -0.4 is 10.2 Å². The zero-order valence-corrected chi connectivity index (χ0v) is 16.9. The molecule has 0 saturated carbocycles. The van der Waals surface area contributed by atoms with Crippen LogP contribution in [0.15, 0.2) is 24.3 Å². The van der Waals surface area contributed by atoms with Gasteiger partial charge in [-0.3, -0.25) is 14.5 Å². The molecule has 28 heavy (non-hydrogen) atoms. The summed E-state index contributed by atoms with van der Waals surface area (Å²) in [6, 6.07) is 7.64. The number of rotatable bonds is 6. The SMILES string of the molecule is CCOC(=O)[C@H]1CCCN([C@@H](C)C(=O)Nc2ccc(N3CCOCC3)cc2)C1. The summed E-state index contributed by atoms with van der Waals surface area (Å²) in [4.78, 5) is 29.1. The van der Waals surface area contributed by atoms with Gasteiger partial charge in [0.05, 0.1) is 31.8 Å². The largest absolute Gasteiger partial charge is 0.466 e. The maximum atomic E-state index is 12.7. The molecule has 0 radical (unpaired) electrons. The van der Waals surface area contributed by atoms with E-state index in [9.17, 15) is 9.59 Å². The minimum Gasteiger partial charge on any atom is -0.466 e. The minimum absolute atomic E-state index is 0.0522. The number of piperidine rings is 1. The van der Waals surface area contributed by atoms with Crippen molar-refractivity contribution in [2.24, 2.45) is 5.92 Å². The molecule has 2 heterocycles. The highest BCUT2D eigenvalue weighted by atomic mass is 16.5. The van der Waals surface area contributed by atoms with Crippen molar-refractivity contribution in [2.75, 3.05) is 56.2 Å². The van der Waals surface area contributed by atoms with E-state index in [1.54, 1.807) is 0 Å². The van der Waals surface area contributed by atoms with Crippen molar-refractivity contribution in [1.29, 1.82) is 0 Å². The third-order valence-corrected chi connectivity index (χ3v) is 5.51. The Morgan fingerprint density at radius 3 is 2.61 bits per heavy atom. The van der Waals surface area contributed by atoms with E-state index < -0.39 is 0 Å². The van der Waals surface area contributed by atoms with Gasteiger partial charge in [-0.25, -0.2) is 0 Å². The highest BCUT2D eigenvalue weighted by molar-refractivity contribution is 5.94. The molecule has 0 spiro atoms. The first kappa shape index (κ1) is 20.6. The van der Waals surface area contributed by atoms with Crippen LogP contribution in [0, 0.1) is 5.92 Å². The van der Waals surface area contributed by atoms with Crippen molar-refractivity contribution in [1.82, 2.24) is 4.90 Å². The Balaban J connectivity index is 1.54. The van der Waals surface area contributed by atoms with Gasteiger partial charge in [0.15, 0.2) is 0 Å². The Morgan fingerprint density at radius 2 is 1.93 bits per heavy atom. The maximum absolute atomic E-state index is 12.7. The van der Waals surface area contributed by atoms with Crippen LogP contribution in [-0.4, -0.2) is 68.8 Å². The molecule has 1 aromatic carbocycles. The van der Waals surface area contributed by atoms with Gasteiger partial charge in [-0.1, -0.05) is 0 Å². The smallest absolute Gasteiger partial charge is 0.310 e. The molecule has 3 rings (SSSR count). The second kappa shape index (κ2) is 9.89. The molecule has 1 N–H and O–H groups in total. The predicted molar refractivity (Wildman–Crippen MR) is 108 cm³/mol. The van der Waals surface area contributed by atoms with Gasteiger partial charge in [0.2, 0.25) is 5.91 Å². The summed E-state index contributed by atoms with van der Waals surface area (Å²) in [6.07, 6.45) is 1.72. The zero-order chi connectivity index (χ0) is 19.9. The lowest BCUT2D eigenvalue weighted by Crippen LogP contribution is -2.48. The van der Waals surface area contributed by atoms with Crippen molar-refractivity contribution in [3.05, 3.63) is 24.3 Å². The van der Waals surface area contributed by atoms with Crippen LogP contribution in [0.1, 0.15) is 26.7 Å². The van der Waals surface area contributed by atoms with Crippen molar-refractivity contribution in [2.45, 2.75) is 32.7 Å². The number of nitrogens with one attached hydrogen (secondary N) is 1. The molecule has 0 aromatic heterocycles. The number of amides is 1. The Bertz CT molecular complexity index is 658. The van der Waals surface area contributed by atoms with E-state index >= 15 is 0 Å². The van der Waals surface area contributed by atoms with E-state index in [1.165, 1.54) is 0 Å². The Hall–Kier alpha value is -2.12. The summed E-state index contributed by atoms with van der Waals surface area (Å²) in [5, 5.41) is 3.00. The predicted octanol–water partition coefficient (Wildman–Crippen LogP) is 2.13. The van der Waals surface area contributed by atoms with E-state index in [1.807, 2.05) is 38.1 Å². The maximum Gasteiger partial charge on any atom is 0.310 e. The number of carbonyl (C=O) groups excluding carboxylic acids is 2. The highest BCUT2D eigenvalue weighted by Gasteiger charge is 2.31. The van der Waals surface area contributed by atoms with Crippen LogP contribution in [0.25, 0.3) is 0 Å². The van der Waals surface area contributed by atoms with Gasteiger partial charge in [-0.05, 0) is 57.5 Å². The monoisotopic (exact) mass is 389 g/mol. The number of nitrogens with zero attached hydrogens (tertiary/aromatic N) is 2. The molecule has 1 aromatic rings. The molecule has 154 valence electrons. The lowest BCUT2D eigenvalue weighted by molar-refractivity contribution is -0.150. The standard InChI is InChI=1S/C21H31N3O4/c1-3-28-21(26)17-5-4-10-24(15-17)16(2)20(25)22-18-6-8-19(9-7-18)23-11-13-27-14-12-23/h6-9,16-17H,3-5,10-15H2,1-2H3,(H,22,25)/t16-,17-/m0/s1. The molecule has 2 aliphatic heterocycles. The summed E-state index contributed by atoms with van der Waals surface area (Å²) in [5.74, 6) is -0.348.